The maximum absolute atomic E-state index is 9.60. The maximum atomic E-state index is 9.60. The molecule has 0 aromatic carbocycles. The Bertz CT molecular complexity index is 174. The third-order valence-corrected chi connectivity index (χ3v) is 0.750. The van der Waals surface area contributed by atoms with Gasteiger partial charge < -0.3 is 14.9 Å². The van der Waals surface area contributed by atoms with Gasteiger partial charge in [0.15, 0.2) is 0 Å². The zero-order valence-electron chi connectivity index (χ0n) is 8.86. The van der Waals surface area contributed by atoms with Gasteiger partial charge in [-0.1, -0.05) is 6.58 Å². The molecule has 0 radical (unpaired) electrons. The second-order valence-electron chi connectivity index (χ2n) is 2.88. The maximum Gasteiger partial charge on any atom is 0.330 e. The van der Waals surface area contributed by atoms with Crippen LogP contribution in [0.15, 0.2) is 24.5 Å². The molecule has 4 heteroatoms. The van der Waals surface area contributed by atoms with E-state index in [1.54, 1.807) is 20.1 Å². The summed E-state index contributed by atoms with van der Waals surface area (Å²) in [5, 5.41) is 15.9. The van der Waals surface area contributed by atoms with Crippen molar-refractivity contribution in [1.29, 1.82) is 0 Å². The van der Waals surface area contributed by atoms with Gasteiger partial charge in [-0.25, -0.2) is 4.79 Å². The van der Waals surface area contributed by atoms with Gasteiger partial charge in [-0.15, -0.1) is 0 Å². The normalized spacial score (nSPS) is 10.9. The summed E-state index contributed by atoms with van der Waals surface area (Å²) in [6, 6.07) is 0. The second-order valence-corrected chi connectivity index (χ2v) is 2.88. The lowest BCUT2D eigenvalue weighted by Crippen LogP contribution is -1.92. The molecule has 0 atom stereocenters. The Hall–Kier alpha value is -1.29. The van der Waals surface area contributed by atoms with E-state index in [1.807, 2.05) is 6.08 Å². The third kappa shape index (κ3) is 22.4. The molecule has 0 fully saturated rings. The van der Waals surface area contributed by atoms with Crippen LogP contribution in [-0.4, -0.2) is 28.9 Å². The van der Waals surface area contributed by atoms with Crippen molar-refractivity contribution in [3.63, 3.8) is 0 Å². The van der Waals surface area contributed by atoms with Gasteiger partial charge in [-0.05, 0) is 26.8 Å². The highest BCUT2D eigenvalue weighted by molar-refractivity contribution is 5.84. The first-order valence-corrected chi connectivity index (χ1v) is 4.21. The molecule has 1 rings (SSSR count). The molecule has 0 saturated carbocycles. The predicted molar refractivity (Wildman–Crippen MR) is 54.9 cm³/mol. The smallest absolute Gasteiger partial charge is 0.330 e. The van der Waals surface area contributed by atoms with Crippen molar-refractivity contribution in [1.82, 2.24) is 0 Å². The first-order valence-electron chi connectivity index (χ1n) is 4.21. The molecule has 1 heterocycles. The molecule has 0 amide bonds. The van der Waals surface area contributed by atoms with Crippen molar-refractivity contribution in [3.05, 3.63) is 24.5 Å². The quantitative estimate of drug-likeness (QED) is 0.633. The molecule has 0 spiro atoms. The van der Waals surface area contributed by atoms with Crippen LogP contribution in [0.25, 0.3) is 0 Å². The lowest BCUT2D eigenvalue weighted by atomic mass is 10.4. The number of hydrogen-bond acceptors (Lipinski definition) is 3. The summed E-state index contributed by atoms with van der Waals surface area (Å²) < 4.78 is 4.54. The minimum atomic E-state index is -0.935. The van der Waals surface area contributed by atoms with E-state index in [9.17, 15) is 4.79 Å². The number of carboxylic acids is 1. The Kier molecular flexibility index (Phi) is 10.6. The molecule has 0 unspecified atom stereocenters. The number of ether oxygens (including phenoxy) is 1. The Morgan fingerprint density at radius 1 is 1.57 bits per heavy atom. The fraction of sp³-hybridized carbons (Fsp3) is 0.500. The van der Waals surface area contributed by atoms with Crippen LogP contribution in [0.1, 0.15) is 20.8 Å². The van der Waals surface area contributed by atoms with Crippen LogP contribution in [0.2, 0.25) is 0 Å². The van der Waals surface area contributed by atoms with E-state index >= 15 is 0 Å². The number of carbonyl (C=O) groups is 1. The van der Waals surface area contributed by atoms with Gasteiger partial charge in [0.05, 0.1) is 6.26 Å². The van der Waals surface area contributed by atoms with E-state index in [2.05, 4.69) is 11.3 Å². The minimum absolute atomic E-state index is 0.167. The first kappa shape index (κ1) is 15.2. The van der Waals surface area contributed by atoms with Gasteiger partial charge in [0.25, 0.3) is 0 Å². The van der Waals surface area contributed by atoms with Crippen molar-refractivity contribution in [2.24, 2.45) is 0 Å². The fourth-order valence-corrected chi connectivity index (χ4v) is 0.0962. The van der Waals surface area contributed by atoms with Gasteiger partial charge in [0, 0.05) is 11.7 Å². The van der Waals surface area contributed by atoms with Crippen LogP contribution in [0, 0.1) is 0 Å². The number of hydrogen-bond donors (Lipinski definition) is 2. The van der Waals surface area contributed by atoms with Crippen LogP contribution in [0.3, 0.4) is 0 Å². The Balaban J connectivity index is 0. The molecule has 0 bridgehead atoms. The molecule has 1 aliphatic heterocycles. The van der Waals surface area contributed by atoms with Crippen LogP contribution in [0.5, 0.6) is 0 Å². The molecular formula is C10H18O4. The molecule has 82 valence electrons. The number of aliphatic hydroxyl groups excluding tert-OH is 1. The molecule has 2 N–H and O–H groups in total. The van der Waals surface area contributed by atoms with Gasteiger partial charge in [0.1, 0.15) is 6.61 Å². The third-order valence-electron chi connectivity index (χ3n) is 0.750. The summed E-state index contributed by atoms with van der Waals surface area (Å²) >= 11 is 0. The summed E-state index contributed by atoms with van der Waals surface area (Å²) in [5.74, 6) is -0.935. The van der Waals surface area contributed by atoms with Crippen LogP contribution in [0.4, 0.5) is 0 Å². The summed E-state index contributed by atoms with van der Waals surface area (Å²) in [5.41, 5.74) is 0.176. The summed E-state index contributed by atoms with van der Waals surface area (Å²) in [6.07, 6.45) is 3.47. The zero-order chi connectivity index (χ0) is 11.6. The lowest BCUT2D eigenvalue weighted by Gasteiger charge is -1.99. The summed E-state index contributed by atoms with van der Waals surface area (Å²) in [6.45, 7) is 8.87. The van der Waals surface area contributed by atoms with E-state index < -0.39 is 5.97 Å². The van der Waals surface area contributed by atoms with Crippen molar-refractivity contribution in [2.75, 3.05) is 6.61 Å². The number of carboxylic acid groups (broad SMARTS) is 1. The average Bonchev–Trinajstić information content (AvgIpc) is 1.80. The minimum Gasteiger partial charge on any atom is -0.497 e. The van der Waals surface area contributed by atoms with Gasteiger partial charge >= 0.3 is 5.97 Å². The Morgan fingerprint density at radius 3 is 1.71 bits per heavy atom. The van der Waals surface area contributed by atoms with Gasteiger partial charge in [0.2, 0.25) is 0 Å². The van der Waals surface area contributed by atoms with E-state index in [0.29, 0.717) is 0 Å². The number of rotatable bonds is 1. The van der Waals surface area contributed by atoms with Crippen molar-refractivity contribution >= 4 is 5.97 Å². The monoisotopic (exact) mass is 202 g/mol. The first-order chi connectivity index (χ1) is 6.37. The van der Waals surface area contributed by atoms with E-state index in [0.717, 1.165) is 6.61 Å². The Morgan fingerprint density at radius 2 is 1.71 bits per heavy atom. The average molecular weight is 202 g/mol. The molecule has 0 aromatic rings. The van der Waals surface area contributed by atoms with Crippen molar-refractivity contribution in [2.45, 2.75) is 26.9 Å². The van der Waals surface area contributed by atoms with Crippen LogP contribution >= 0.6 is 0 Å². The number of aliphatic hydroxyl groups is 1. The standard InChI is InChI=1S/C4H6O2.C3H4O.C3H8O/c1-3(2)4(5)6;1-2-4-3-1;1-3(2)4/h1H2,2H3,(H,5,6);1-2H,3H2;3-4H,1-2H3. The van der Waals surface area contributed by atoms with Gasteiger partial charge in [-0.3, -0.25) is 0 Å². The van der Waals surface area contributed by atoms with Crippen LogP contribution in [-0.2, 0) is 9.53 Å². The largest absolute Gasteiger partial charge is 0.497 e. The molecule has 0 aliphatic carbocycles. The SMILES string of the molecule is C1=COC1.C=C(C)C(=O)O.CC(C)O. The number of aliphatic carboxylic acids is 1. The fourth-order valence-electron chi connectivity index (χ4n) is 0.0962. The molecule has 0 aromatic heterocycles. The molecular weight excluding hydrogens is 184 g/mol. The highest BCUT2D eigenvalue weighted by Crippen LogP contribution is 1.87. The van der Waals surface area contributed by atoms with E-state index in [-0.39, 0.29) is 11.7 Å². The molecule has 14 heavy (non-hydrogen) atoms. The van der Waals surface area contributed by atoms with Crippen LogP contribution < -0.4 is 0 Å². The Labute approximate surface area is 84.5 Å². The molecule has 1 aliphatic rings. The topological polar surface area (TPSA) is 66.8 Å². The van der Waals surface area contributed by atoms with E-state index in [1.165, 1.54) is 6.92 Å². The second kappa shape index (κ2) is 9.80. The predicted octanol–water partition coefficient (Wildman–Crippen LogP) is 1.56. The highest BCUT2D eigenvalue weighted by Gasteiger charge is 1.90. The van der Waals surface area contributed by atoms with Crippen molar-refractivity contribution in [3.8, 4) is 0 Å². The molecule has 0 saturated heterocycles. The highest BCUT2D eigenvalue weighted by atomic mass is 16.5. The van der Waals surface area contributed by atoms with E-state index in [4.69, 9.17) is 10.2 Å². The lowest BCUT2D eigenvalue weighted by molar-refractivity contribution is -0.132. The van der Waals surface area contributed by atoms with Gasteiger partial charge in [-0.2, -0.15) is 0 Å². The zero-order valence-corrected chi connectivity index (χ0v) is 8.86. The summed E-state index contributed by atoms with van der Waals surface area (Å²) in [4.78, 5) is 9.60. The van der Waals surface area contributed by atoms with Crippen molar-refractivity contribution < 1.29 is 19.7 Å². The molecule has 4 nitrogen and oxygen atoms in total. The summed E-state index contributed by atoms with van der Waals surface area (Å²) in [7, 11) is 0.